The maximum atomic E-state index is 12.2. The zero-order chi connectivity index (χ0) is 19.1. The fraction of sp³-hybridized carbons (Fsp3) is 0.286. The molecule has 0 spiro atoms. The Morgan fingerprint density at radius 1 is 1.04 bits per heavy atom. The van der Waals surface area contributed by atoms with Gasteiger partial charge in [-0.2, -0.15) is 0 Å². The minimum atomic E-state index is -0.0517. The molecule has 0 fully saturated rings. The predicted octanol–water partition coefficient (Wildman–Crippen LogP) is 3.94. The molecule has 1 heterocycles. The zero-order valence-corrected chi connectivity index (χ0v) is 16.1. The monoisotopic (exact) mass is 381 g/mol. The van der Waals surface area contributed by atoms with Gasteiger partial charge in [0.05, 0.1) is 16.6 Å². The van der Waals surface area contributed by atoms with Gasteiger partial charge in [0.2, 0.25) is 11.8 Å². The van der Waals surface area contributed by atoms with Gasteiger partial charge in [-0.3, -0.25) is 9.59 Å². The Morgan fingerprint density at radius 2 is 1.85 bits per heavy atom. The molecule has 0 saturated carbocycles. The number of rotatable bonds is 8. The van der Waals surface area contributed by atoms with Crippen molar-refractivity contribution in [3.63, 3.8) is 0 Å². The van der Waals surface area contributed by atoms with Crippen molar-refractivity contribution in [2.75, 3.05) is 11.9 Å². The Bertz CT molecular complexity index is 922. The second-order valence-electron chi connectivity index (χ2n) is 6.34. The number of nitrogens with zero attached hydrogens (tertiary/aromatic N) is 1. The number of carbonyl (C=O) groups is 2. The highest BCUT2D eigenvalue weighted by Gasteiger charge is 2.09. The van der Waals surface area contributed by atoms with E-state index >= 15 is 0 Å². The van der Waals surface area contributed by atoms with Crippen LogP contribution in [0.4, 0.5) is 5.13 Å². The third-order valence-electron chi connectivity index (χ3n) is 4.19. The molecular weight excluding hydrogens is 358 g/mol. The molecule has 1 aromatic heterocycles. The molecular formula is C21H23N3O2S. The van der Waals surface area contributed by atoms with Crippen LogP contribution in [-0.4, -0.2) is 23.3 Å². The summed E-state index contributed by atoms with van der Waals surface area (Å²) in [6.45, 7) is 2.48. The normalized spacial score (nSPS) is 10.7. The van der Waals surface area contributed by atoms with Crippen molar-refractivity contribution in [2.45, 2.75) is 32.6 Å². The van der Waals surface area contributed by atoms with Crippen molar-refractivity contribution in [1.82, 2.24) is 10.3 Å². The van der Waals surface area contributed by atoms with Crippen LogP contribution in [0.1, 0.15) is 30.9 Å². The van der Waals surface area contributed by atoms with E-state index in [2.05, 4.69) is 27.8 Å². The highest BCUT2D eigenvalue weighted by molar-refractivity contribution is 7.22. The summed E-state index contributed by atoms with van der Waals surface area (Å²) in [4.78, 5) is 28.1. The summed E-state index contributed by atoms with van der Waals surface area (Å²) < 4.78 is 0.968. The summed E-state index contributed by atoms with van der Waals surface area (Å²) >= 11 is 1.43. The lowest BCUT2D eigenvalue weighted by molar-refractivity contribution is -0.120. The smallest absolute Gasteiger partial charge is 0.225 e. The van der Waals surface area contributed by atoms with Crippen molar-refractivity contribution in [2.24, 2.45) is 0 Å². The van der Waals surface area contributed by atoms with Crippen LogP contribution < -0.4 is 10.6 Å². The number of nitrogens with one attached hydrogen (secondary N) is 2. The molecule has 0 aliphatic heterocycles. The van der Waals surface area contributed by atoms with E-state index < -0.39 is 0 Å². The number of fused-ring (bicyclic) bond motifs is 1. The van der Waals surface area contributed by atoms with Crippen LogP contribution in [0.5, 0.6) is 0 Å². The number of hydrogen-bond acceptors (Lipinski definition) is 4. The van der Waals surface area contributed by atoms with Crippen molar-refractivity contribution in [1.29, 1.82) is 0 Å². The van der Waals surface area contributed by atoms with E-state index in [4.69, 9.17) is 0 Å². The first-order chi connectivity index (χ1) is 13.1. The summed E-state index contributed by atoms with van der Waals surface area (Å²) in [5.41, 5.74) is 3.06. The number of thiazole rings is 1. The third kappa shape index (κ3) is 5.62. The molecule has 0 bridgehead atoms. The first-order valence-corrected chi connectivity index (χ1v) is 9.95. The summed E-state index contributed by atoms with van der Waals surface area (Å²) in [5, 5.41) is 6.36. The van der Waals surface area contributed by atoms with Gasteiger partial charge in [0.15, 0.2) is 5.13 Å². The van der Waals surface area contributed by atoms with E-state index in [9.17, 15) is 9.59 Å². The molecule has 2 amide bonds. The van der Waals surface area contributed by atoms with Gasteiger partial charge in [-0.1, -0.05) is 54.7 Å². The Morgan fingerprint density at radius 3 is 2.63 bits per heavy atom. The topological polar surface area (TPSA) is 71.1 Å². The molecule has 3 aromatic rings. The van der Waals surface area contributed by atoms with Gasteiger partial charge in [-0.15, -0.1) is 0 Å². The average Bonchev–Trinajstić information content (AvgIpc) is 3.07. The van der Waals surface area contributed by atoms with Crippen LogP contribution in [0.15, 0.2) is 48.5 Å². The lowest BCUT2D eigenvalue weighted by Crippen LogP contribution is -2.26. The molecule has 140 valence electrons. The highest BCUT2D eigenvalue weighted by atomic mass is 32.1. The van der Waals surface area contributed by atoms with Gasteiger partial charge in [0.25, 0.3) is 0 Å². The van der Waals surface area contributed by atoms with E-state index in [1.807, 2.05) is 36.4 Å². The van der Waals surface area contributed by atoms with Gasteiger partial charge < -0.3 is 10.6 Å². The first kappa shape index (κ1) is 19.0. The highest BCUT2D eigenvalue weighted by Crippen LogP contribution is 2.27. The van der Waals surface area contributed by atoms with Crippen LogP contribution in [0.3, 0.4) is 0 Å². The lowest BCUT2D eigenvalue weighted by Gasteiger charge is -2.06. The van der Waals surface area contributed by atoms with Gasteiger partial charge in [-0.05, 0) is 36.1 Å². The average molecular weight is 382 g/mol. The largest absolute Gasteiger partial charge is 0.356 e. The minimum absolute atomic E-state index is 0.0198. The van der Waals surface area contributed by atoms with Gasteiger partial charge in [-0.25, -0.2) is 4.98 Å². The molecule has 3 rings (SSSR count). The molecule has 0 atom stereocenters. The van der Waals surface area contributed by atoms with Gasteiger partial charge in [0.1, 0.15) is 0 Å². The number of benzene rings is 2. The van der Waals surface area contributed by atoms with Gasteiger partial charge >= 0.3 is 0 Å². The fourth-order valence-corrected chi connectivity index (χ4v) is 3.70. The molecule has 0 radical (unpaired) electrons. The molecule has 0 aliphatic rings. The minimum Gasteiger partial charge on any atom is -0.356 e. The second kappa shape index (κ2) is 9.28. The van der Waals surface area contributed by atoms with Gasteiger partial charge in [0, 0.05) is 13.0 Å². The Kier molecular flexibility index (Phi) is 6.54. The van der Waals surface area contributed by atoms with Crippen molar-refractivity contribution >= 4 is 38.5 Å². The molecule has 0 aliphatic carbocycles. The number of hydrogen-bond donors (Lipinski definition) is 2. The molecule has 5 nitrogen and oxygen atoms in total. The second-order valence-corrected chi connectivity index (χ2v) is 7.37. The zero-order valence-electron chi connectivity index (χ0n) is 15.3. The van der Waals surface area contributed by atoms with E-state index in [1.165, 1.54) is 16.9 Å². The van der Waals surface area contributed by atoms with E-state index in [1.54, 1.807) is 6.92 Å². The van der Waals surface area contributed by atoms with Crippen LogP contribution in [0, 0.1) is 0 Å². The summed E-state index contributed by atoms with van der Waals surface area (Å²) in [7, 11) is 0. The van der Waals surface area contributed by atoms with Crippen LogP contribution in [-0.2, 0) is 22.4 Å². The number of carbonyl (C=O) groups excluding carboxylic acids is 2. The Balaban J connectivity index is 1.49. The third-order valence-corrected chi connectivity index (χ3v) is 5.13. The first-order valence-electron chi connectivity index (χ1n) is 9.14. The molecule has 0 unspecified atom stereocenters. The van der Waals surface area contributed by atoms with Crippen molar-refractivity contribution in [3.05, 3.63) is 59.7 Å². The number of aromatic nitrogens is 1. The Hall–Kier alpha value is -2.73. The maximum absolute atomic E-state index is 12.2. The molecule has 2 N–H and O–H groups in total. The molecule has 27 heavy (non-hydrogen) atoms. The fourth-order valence-electron chi connectivity index (χ4n) is 2.75. The standard InChI is InChI=1S/C21H23N3O2S/c1-2-19(25)24-21-23-17-11-10-16(13-18(17)27-21)14-20(26)22-12-6-9-15-7-4-3-5-8-15/h3-5,7-8,10-11,13H,2,6,9,12,14H2,1H3,(H,22,26)(H,23,24,25). The van der Waals surface area contributed by atoms with E-state index in [0.717, 1.165) is 28.6 Å². The molecule has 2 aromatic carbocycles. The number of aryl methyl sites for hydroxylation is 1. The van der Waals surface area contributed by atoms with E-state index in [0.29, 0.717) is 24.5 Å². The van der Waals surface area contributed by atoms with E-state index in [-0.39, 0.29) is 11.8 Å². The van der Waals surface area contributed by atoms with Crippen LogP contribution >= 0.6 is 11.3 Å². The van der Waals surface area contributed by atoms with Crippen LogP contribution in [0.2, 0.25) is 0 Å². The quantitative estimate of drug-likeness (QED) is 0.581. The SMILES string of the molecule is CCC(=O)Nc1nc2ccc(CC(=O)NCCCc3ccccc3)cc2s1. The molecule has 0 saturated heterocycles. The van der Waals surface area contributed by atoms with Crippen molar-refractivity contribution in [3.8, 4) is 0 Å². The lowest BCUT2D eigenvalue weighted by atomic mass is 10.1. The Labute approximate surface area is 162 Å². The summed E-state index contributed by atoms with van der Waals surface area (Å²) in [5.74, 6) is -0.0319. The number of amides is 2. The number of anilines is 1. The van der Waals surface area contributed by atoms with Crippen molar-refractivity contribution < 1.29 is 9.59 Å². The van der Waals surface area contributed by atoms with Crippen LogP contribution in [0.25, 0.3) is 10.2 Å². The maximum Gasteiger partial charge on any atom is 0.225 e. The summed E-state index contributed by atoms with van der Waals surface area (Å²) in [6.07, 6.45) is 2.64. The molecule has 6 heteroatoms. The summed E-state index contributed by atoms with van der Waals surface area (Å²) in [6, 6.07) is 16.0. The predicted molar refractivity (Wildman–Crippen MR) is 110 cm³/mol.